The molecule has 4 aromatic carbocycles. The molecule has 0 heterocycles. The van der Waals surface area contributed by atoms with Gasteiger partial charge in [0.2, 0.25) is 0 Å². The number of fused-ring (bicyclic) bond motifs is 2. The molecule has 504 valence electrons. The molecule has 0 atom stereocenters. The van der Waals surface area contributed by atoms with Crippen molar-refractivity contribution < 1.29 is 25.9 Å². The molecule has 0 aliphatic carbocycles. The van der Waals surface area contributed by atoms with E-state index in [0.717, 1.165) is 84.4 Å². The number of aryl methyl sites for hydroxylation is 2. The Morgan fingerprint density at radius 1 is 0.258 bits per heavy atom. The number of rotatable bonds is 58. The zero-order chi connectivity index (χ0) is 63.4. The predicted octanol–water partition coefficient (Wildman–Crippen LogP) is 25.6. The van der Waals surface area contributed by atoms with E-state index >= 15 is 0 Å². The van der Waals surface area contributed by atoms with E-state index in [0.29, 0.717) is 23.6 Å². The fourth-order valence-corrected chi connectivity index (χ4v) is 15.7. The first kappa shape index (κ1) is 83.6. The molecule has 4 rings (SSSR count). The minimum atomic E-state index is -4.56. The van der Waals surface area contributed by atoms with Crippen molar-refractivity contribution in [1.29, 1.82) is 0 Å². The van der Waals surface area contributed by atoms with Gasteiger partial charge in [-0.15, -0.1) is 0 Å². The Kier molecular flexibility index (Phi) is 52.3. The quantitative estimate of drug-likeness (QED) is 0.0247. The van der Waals surface area contributed by atoms with Crippen LogP contribution in [0.1, 0.15) is 384 Å². The summed E-state index contributed by atoms with van der Waals surface area (Å²) in [5, 5.41) is 2.95. The van der Waals surface area contributed by atoms with Gasteiger partial charge in [0.25, 0.3) is 0 Å². The molecule has 0 amide bonds. The molecule has 0 saturated carbocycles. The van der Waals surface area contributed by atoms with Crippen LogP contribution in [0.5, 0.6) is 0 Å². The third-order valence-corrected chi connectivity index (χ3v) is 21.0. The molecule has 0 radical (unpaired) electrons. The topological polar surface area (TPSA) is 114 Å². The molecule has 0 aliphatic rings. The average Bonchev–Trinajstić information content (AvgIpc) is 2.13. The van der Waals surface area contributed by atoms with Crippen molar-refractivity contribution in [1.82, 2.24) is 0 Å². The standard InChI is InChI=1S/2C40H68O3S.Ca/c2*1-3-5-7-9-11-13-15-17-19-21-23-25-27-31-36-35-37-32-29-30-34-39(37)40(44(41,42)43)38(36)33-28-26-24-22-20-18-16-14-12-10-8-6-4-2;/h2*29-30,32,34-35H,3-28,31,33H2,1-2H3,(H,41,42,43);/q;;+2/p-2. The van der Waals surface area contributed by atoms with Gasteiger partial charge in [0.15, 0.2) is 0 Å². The van der Waals surface area contributed by atoms with E-state index in [4.69, 9.17) is 0 Å². The molecular formula is C80H134CaO6S2. The molecule has 89 heavy (non-hydrogen) atoms. The van der Waals surface area contributed by atoms with E-state index in [2.05, 4.69) is 39.8 Å². The number of unbranched alkanes of at least 4 members (excludes halogenated alkanes) is 48. The van der Waals surface area contributed by atoms with Crippen molar-refractivity contribution in [2.45, 2.75) is 397 Å². The molecule has 0 saturated heterocycles. The van der Waals surface area contributed by atoms with Gasteiger partial charge in [0.05, 0.1) is 9.79 Å². The Hall–Kier alpha value is -1.52. The van der Waals surface area contributed by atoms with Gasteiger partial charge in [-0.1, -0.05) is 397 Å². The van der Waals surface area contributed by atoms with Crippen LogP contribution in [0.4, 0.5) is 0 Å². The molecule has 0 aliphatic heterocycles. The molecule has 0 aromatic heterocycles. The van der Waals surface area contributed by atoms with Crippen LogP contribution in [0.15, 0.2) is 70.5 Å². The van der Waals surface area contributed by atoms with Gasteiger partial charge < -0.3 is 9.11 Å². The Balaban J connectivity index is 0.000000600. The monoisotopic (exact) mass is 1290 g/mol. The summed E-state index contributed by atoms with van der Waals surface area (Å²) in [4.78, 5) is 0.110. The van der Waals surface area contributed by atoms with Gasteiger partial charge in [-0.05, 0) is 95.2 Å². The van der Waals surface area contributed by atoms with Crippen LogP contribution in [0.25, 0.3) is 21.5 Å². The summed E-state index contributed by atoms with van der Waals surface area (Å²) in [7, 11) is -9.12. The number of hydrogen-bond acceptors (Lipinski definition) is 6. The van der Waals surface area contributed by atoms with E-state index in [1.165, 1.54) is 295 Å². The SMILES string of the molecule is CCCCCCCCCCCCCCCc1cc2ccccc2c(S(=O)(=O)[O-])c1CCCCCCCCCCCCCCC.CCCCCCCCCCCCCCCc1cc2ccccc2c(S(=O)(=O)[O-])c1CCCCCCCCCCCCCCC.[Ca+2]. The molecule has 0 unspecified atom stereocenters. The van der Waals surface area contributed by atoms with Crippen molar-refractivity contribution in [2.24, 2.45) is 0 Å². The van der Waals surface area contributed by atoms with Gasteiger partial charge in [-0.25, -0.2) is 16.8 Å². The Bertz CT molecular complexity index is 2370. The van der Waals surface area contributed by atoms with Crippen molar-refractivity contribution in [2.75, 3.05) is 0 Å². The maximum absolute atomic E-state index is 12.6. The first-order chi connectivity index (χ1) is 43.0. The second kappa shape index (κ2) is 55.7. The van der Waals surface area contributed by atoms with Gasteiger partial charge in [0.1, 0.15) is 20.2 Å². The first-order valence-electron chi connectivity index (χ1n) is 38.0. The van der Waals surface area contributed by atoms with E-state index in [-0.39, 0.29) is 47.5 Å². The van der Waals surface area contributed by atoms with Crippen molar-refractivity contribution in [3.05, 3.63) is 82.9 Å². The Morgan fingerprint density at radius 3 is 0.640 bits per heavy atom. The summed E-state index contributed by atoms with van der Waals surface area (Å²) >= 11 is 0. The van der Waals surface area contributed by atoms with Crippen molar-refractivity contribution in [3.8, 4) is 0 Å². The summed E-state index contributed by atoms with van der Waals surface area (Å²) in [5.41, 5.74) is 3.78. The fraction of sp³-hybridized carbons (Fsp3) is 0.750. The molecule has 0 N–H and O–H groups in total. The largest absolute Gasteiger partial charge is 2.00 e. The summed E-state index contributed by atoms with van der Waals surface area (Å²) in [6.45, 7) is 9.09. The van der Waals surface area contributed by atoms with Gasteiger partial charge in [0, 0.05) is 0 Å². The van der Waals surface area contributed by atoms with Crippen LogP contribution in [0, 0.1) is 0 Å². The number of benzene rings is 4. The minimum Gasteiger partial charge on any atom is -0.744 e. The fourth-order valence-electron chi connectivity index (χ4n) is 13.7. The summed E-state index contributed by atoms with van der Waals surface area (Å²) < 4.78 is 75.5. The molecule has 0 fully saturated rings. The third kappa shape index (κ3) is 39.8. The normalized spacial score (nSPS) is 11.8. The Labute approximate surface area is 580 Å². The molecule has 9 heteroatoms. The molecule has 6 nitrogen and oxygen atoms in total. The van der Waals surface area contributed by atoms with Gasteiger partial charge in [-0.3, -0.25) is 0 Å². The smallest absolute Gasteiger partial charge is 0.744 e. The molecular weight excluding hydrogens is 1160 g/mol. The zero-order valence-electron chi connectivity index (χ0n) is 58.3. The molecule has 0 spiro atoms. The van der Waals surface area contributed by atoms with E-state index in [9.17, 15) is 25.9 Å². The van der Waals surface area contributed by atoms with Crippen LogP contribution in [0.3, 0.4) is 0 Å². The number of hydrogen-bond donors (Lipinski definition) is 0. The van der Waals surface area contributed by atoms with E-state index in [1.807, 2.05) is 48.5 Å². The van der Waals surface area contributed by atoms with E-state index < -0.39 is 20.2 Å². The van der Waals surface area contributed by atoms with Crippen LogP contribution >= 0.6 is 0 Å². The molecule has 0 bridgehead atoms. The van der Waals surface area contributed by atoms with Crippen LogP contribution in [0.2, 0.25) is 0 Å². The van der Waals surface area contributed by atoms with Gasteiger partial charge >= 0.3 is 37.7 Å². The van der Waals surface area contributed by atoms with Crippen LogP contribution in [-0.4, -0.2) is 63.7 Å². The van der Waals surface area contributed by atoms with Gasteiger partial charge in [-0.2, -0.15) is 0 Å². The van der Waals surface area contributed by atoms with Crippen molar-refractivity contribution in [3.63, 3.8) is 0 Å². The summed E-state index contributed by atoms with van der Waals surface area (Å²) in [5.74, 6) is 0. The third-order valence-electron chi connectivity index (χ3n) is 19.1. The first-order valence-corrected chi connectivity index (χ1v) is 40.8. The minimum absolute atomic E-state index is 0. The van der Waals surface area contributed by atoms with Crippen LogP contribution < -0.4 is 0 Å². The summed E-state index contributed by atoms with van der Waals surface area (Å²) in [6, 6.07) is 19.4. The van der Waals surface area contributed by atoms with E-state index in [1.54, 1.807) is 0 Å². The Morgan fingerprint density at radius 2 is 0.438 bits per heavy atom. The summed E-state index contributed by atoms with van der Waals surface area (Å²) in [6.07, 6.45) is 70.8. The average molecular weight is 1300 g/mol. The second-order valence-corrected chi connectivity index (χ2v) is 29.6. The maximum Gasteiger partial charge on any atom is 2.00 e. The predicted molar refractivity (Wildman–Crippen MR) is 387 cm³/mol. The maximum atomic E-state index is 12.6. The second-order valence-electron chi connectivity index (χ2n) is 27.0. The van der Waals surface area contributed by atoms with Crippen molar-refractivity contribution >= 4 is 79.5 Å². The molecule has 4 aromatic rings. The van der Waals surface area contributed by atoms with Crippen LogP contribution in [-0.2, 0) is 45.9 Å². The zero-order valence-corrected chi connectivity index (χ0v) is 62.2.